The van der Waals surface area contributed by atoms with Gasteiger partial charge in [0.05, 0.1) is 23.8 Å². The number of ether oxygens (including phenoxy) is 3. The van der Waals surface area contributed by atoms with Gasteiger partial charge in [0.2, 0.25) is 0 Å². The number of aliphatic hydroxyl groups excluding tert-OH is 1. The zero-order chi connectivity index (χ0) is 15.0. The topological polar surface area (TPSA) is 73.9 Å². The van der Waals surface area contributed by atoms with Crippen LogP contribution in [0.1, 0.15) is 12.5 Å². The summed E-state index contributed by atoms with van der Waals surface area (Å²) in [6, 6.07) is 5.62. The minimum atomic E-state index is -0.685. The number of rotatable bonds is 9. The first-order valence-electron chi connectivity index (χ1n) is 6.46. The first-order valence-corrected chi connectivity index (χ1v) is 7.26. The van der Waals surface area contributed by atoms with Crippen molar-refractivity contribution < 1.29 is 19.3 Å². The predicted molar refractivity (Wildman–Crippen MR) is 80.8 cm³/mol. The van der Waals surface area contributed by atoms with Crippen LogP contribution in [-0.4, -0.2) is 44.2 Å². The molecule has 0 amide bonds. The molecular weight excluding hydrogens is 326 g/mol. The molecule has 0 aromatic heterocycles. The number of nitrogens with two attached hydrogens (primary N) is 1. The summed E-state index contributed by atoms with van der Waals surface area (Å²) in [6.07, 6.45) is -0.736. The molecule has 0 heterocycles. The average molecular weight is 348 g/mol. The van der Waals surface area contributed by atoms with Gasteiger partial charge in [-0.1, -0.05) is 6.07 Å². The number of benzene rings is 1. The Morgan fingerprint density at radius 2 is 2.05 bits per heavy atom. The lowest BCUT2D eigenvalue weighted by atomic mass is 10.2. The highest BCUT2D eigenvalue weighted by molar-refractivity contribution is 9.10. The molecule has 2 unspecified atom stereocenters. The highest BCUT2D eigenvalue weighted by atomic mass is 79.9. The Kier molecular flexibility index (Phi) is 8.09. The van der Waals surface area contributed by atoms with Crippen LogP contribution in [0.3, 0.4) is 0 Å². The van der Waals surface area contributed by atoms with Crippen LogP contribution in [0.2, 0.25) is 0 Å². The van der Waals surface area contributed by atoms with E-state index < -0.39 is 6.10 Å². The molecule has 5 nitrogen and oxygen atoms in total. The third-order valence-electron chi connectivity index (χ3n) is 2.64. The van der Waals surface area contributed by atoms with E-state index in [4.69, 9.17) is 19.9 Å². The van der Waals surface area contributed by atoms with Gasteiger partial charge in [-0.2, -0.15) is 0 Å². The lowest BCUT2D eigenvalue weighted by molar-refractivity contribution is -0.0423. The Morgan fingerprint density at radius 3 is 2.65 bits per heavy atom. The monoisotopic (exact) mass is 347 g/mol. The molecule has 6 heteroatoms. The molecule has 0 aliphatic carbocycles. The van der Waals surface area contributed by atoms with E-state index in [9.17, 15) is 5.11 Å². The zero-order valence-electron chi connectivity index (χ0n) is 11.8. The van der Waals surface area contributed by atoms with E-state index >= 15 is 0 Å². The fourth-order valence-corrected chi connectivity index (χ4v) is 2.12. The number of methoxy groups -OCH3 is 1. The van der Waals surface area contributed by atoms with Crippen molar-refractivity contribution in [2.45, 2.75) is 25.7 Å². The van der Waals surface area contributed by atoms with Gasteiger partial charge in [-0.25, -0.2) is 0 Å². The molecule has 0 saturated heterocycles. The normalized spacial score (nSPS) is 14.1. The summed E-state index contributed by atoms with van der Waals surface area (Å²) >= 11 is 3.41. The lowest BCUT2D eigenvalue weighted by Crippen LogP contribution is -2.27. The molecule has 0 aliphatic heterocycles. The lowest BCUT2D eigenvalue weighted by Gasteiger charge is -2.17. The van der Waals surface area contributed by atoms with Crippen molar-refractivity contribution in [1.29, 1.82) is 0 Å². The van der Waals surface area contributed by atoms with Crippen LogP contribution in [-0.2, 0) is 16.0 Å². The van der Waals surface area contributed by atoms with Crippen molar-refractivity contribution in [2.24, 2.45) is 5.73 Å². The molecule has 3 N–H and O–H groups in total. The molecule has 20 heavy (non-hydrogen) atoms. The highest BCUT2D eigenvalue weighted by Gasteiger charge is 2.10. The van der Waals surface area contributed by atoms with Crippen LogP contribution in [0.5, 0.6) is 5.75 Å². The fraction of sp³-hybridized carbons (Fsp3) is 0.571. The molecule has 0 radical (unpaired) electrons. The first kappa shape index (κ1) is 17.4. The molecule has 0 spiro atoms. The van der Waals surface area contributed by atoms with Crippen LogP contribution in [0, 0.1) is 0 Å². The van der Waals surface area contributed by atoms with E-state index in [2.05, 4.69) is 15.9 Å². The second-order valence-electron chi connectivity index (χ2n) is 4.53. The van der Waals surface area contributed by atoms with Gasteiger partial charge >= 0.3 is 0 Å². The minimum Gasteiger partial charge on any atom is -0.490 e. The third kappa shape index (κ3) is 6.19. The quantitative estimate of drug-likeness (QED) is 0.711. The van der Waals surface area contributed by atoms with Gasteiger partial charge in [-0.05, 0) is 40.5 Å². The maximum atomic E-state index is 9.79. The van der Waals surface area contributed by atoms with E-state index in [-0.39, 0.29) is 19.3 Å². The third-order valence-corrected chi connectivity index (χ3v) is 3.26. The summed E-state index contributed by atoms with van der Waals surface area (Å²) in [5.74, 6) is 0.672. The number of halogens is 1. The standard InChI is InChI=1S/C14H22BrNO4/c1-10(7-18-2)19-8-12(17)9-20-14-4-3-11(6-16)5-13(14)15/h3-5,10,12,17H,6-9,16H2,1-2H3. The van der Waals surface area contributed by atoms with Gasteiger partial charge in [0.1, 0.15) is 18.5 Å². The van der Waals surface area contributed by atoms with Crippen LogP contribution in [0.15, 0.2) is 22.7 Å². The number of hydrogen-bond acceptors (Lipinski definition) is 5. The summed E-state index contributed by atoms with van der Waals surface area (Å²) < 4.78 is 16.7. The van der Waals surface area contributed by atoms with Crippen molar-refractivity contribution in [3.05, 3.63) is 28.2 Å². The van der Waals surface area contributed by atoms with Gasteiger partial charge in [0, 0.05) is 13.7 Å². The molecule has 114 valence electrons. The molecule has 0 bridgehead atoms. The van der Waals surface area contributed by atoms with Crippen LogP contribution < -0.4 is 10.5 Å². The smallest absolute Gasteiger partial charge is 0.133 e. The van der Waals surface area contributed by atoms with E-state index in [1.807, 2.05) is 25.1 Å². The fourth-order valence-electron chi connectivity index (χ4n) is 1.58. The van der Waals surface area contributed by atoms with Gasteiger partial charge in [0.25, 0.3) is 0 Å². The molecule has 2 atom stereocenters. The van der Waals surface area contributed by atoms with Crippen LogP contribution >= 0.6 is 15.9 Å². The van der Waals surface area contributed by atoms with Crippen molar-refractivity contribution in [2.75, 3.05) is 26.9 Å². The summed E-state index contributed by atoms with van der Waals surface area (Å²) in [5, 5.41) is 9.79. The summed E-state index contributed by atoms with van der Waals surface area (Å²) in [4.78, 5) is 0. The van der Waals surface area contributed by atoms with Crippen molar-refractivity contribution in [3.63, 3.8) is 0 Å². The van der Waals surface area contributed by atoms with Crippen molar-refractivity contribution in [1.82, 2.24) is 0 Å². The van der Waals surface area contributed by atoms with E-state index in [0.29, 0.717) is 18.9 Å². The molecule has 0 aliphatic rings. The Hall–Kier alpha value is -0.660. The van der Waals surface area contributed by atoms with Gasteiger partial charge in [-0.3, -0.25) is 0 Å². The molecule has 0 saturated carbocycles. The van der Waals surface area contributed by atoms with E-state index in [1.54, 1.807) is 7.11 Å². The minimum absolute atomic E-state index is 0.0507. The Bertz CT molecular complexity index is 403. The Balaban J connectivity index is 2.35. The number of aliphatic hydroxyl groups is 1. The molecule has 0 fully saturated rings. The van der Waals surface area contributed by atoms with E-state index in [1.165, 1.54) is 0 Å². The summed E-state index contributed by atoms with van der Waals surface area (Å²) in [7, 11) is 1.61. The van der Waals surface area contributed by atoms with Crippen LogP contribution in [0.4, 0.5) is 0 Å². The van der Waals surface area contributed by atoms with Crippen molar-refractivity contribution >= 4 is 15.9 Å². The van der Waals surface area contributed by atoms with Gasteiger partial charge < -0.3 is 25.1 Å². The largest absolute Gasteiger partial charge is 0.490 e. The SMILES string of the molecule is COCC(C)OCC(O)COc1ccc(CN)cc1Br. The van der Waals surface area contributed by atoms with Crippen LogP contribution in [0.25, 0.3) is 0 Å². The molecule has 1 aromatic carbocycles. The zero-order valence-corrected chi connectivity index (χ0v) is 13.4. The average Bonchev–Trinajstić information content (AvgIpc) is 2.44. The van der Waals surface area contributed by atoms with Crippen molar-refractivity contribution in [3.8, 4) is 5.75 Å². The number of hydrogen-bond donors (Lipinski definition) is 2. The Morgan fingerprint density at radius 1 is 1.30 bits per heavy atom. The highest BCUT2D eigenvalue weighted by Crippen LogP contribution is 2.26. The maximum Gasteiger partial charge on any atom is 0.133 e. The second kappa shape index (κ2) is 9.31. The van der Waals surface area contributed by atoms with Gasteiger partial charge in [0.15, 0.2) is 0 Å². The molecule has 1 rings (SSSR count). The first-order chi connectivity index (χ1) is 9.56. The summed E-state index contributed by atoms with van der Waals surface area (Å²) in [6.45, 7) is 3.24. The summed E-state index contributed by atoms with van der Waals surface area (Å²) in [5.41, 5.74) is 6.57. The van der Waals surface area contributed by atoms with Gasteiger partial charge in [-0.15, -0.1) is 0 Å². The molecule has 1 aromatic rings. The maximum absolute atomic E-state index is 9.79. The van der Waals surface area contributed by atoms with E-state index in [0.717, 1.165) is 10.0 Å². The second-order valence-corrected chi connectivity index (χ2v) is 5.39. The predicted octanol–water partition coefficient (Wildman–Crippen LogP) is 1.70. The Labute approximate surface area is 128 Å². The molecular formula is C14H22BrNO4.